The van der Waals surface area contributed by atoms with E-state index in [0.29, 0.717) is 12.0 Å². The molecule has 7 heteroatoms. The minimum Gasteiger partial charge on any atom is -0.360 e. The monoisotopic (exact) mass is 397 g/mol. The predicted molar refractivity (Wildman–Crippen MR) is 113 cm³/mol. The third kappa shape index (κ3) is 3.94. The standard InChI is InChI=1S/C21H27N5OS/c1-13(2)10-11-22-20(27)14(3)28-21-25-24-19(26(21)15-8-9-15)17-12-23-18-7-5-4-6-16(17)18/h4-7,12-15,23H,8-11H2,1-3H3,(H,22,27). The number of benzene rings is 1. The number of fused-ring (bicyclic) bond motifs is 1. The Kier molecular flexibility index (Phi) is 5.44. The fraction of sp³-hybridized carbons (Fsp3) is 0.476. The number of hydrogen-bond donors (Lipinski definition) is 2. The quantitative estimate of drug-likeness (QED) is 0.552. The van der Waals surface area contributed by atoms with Gasteiger partial charge in [0.1, 0.15) is 0 Å². The summed E-state index contributed by atoms with van der Waals surface area (Å²) in [7, 11) is 0. The second-order valence-electron chi connectivity index (χ2n) is 7.89. The molecule has 1 unspecified atom stereocenters. The minimum atomic E-state index is -0.204. The van der Waals surface area contributed by atoms with E-state index >= 15 is 0 Å². The molecule has 6 nitrogen and oxygen atoms in total. The van der Waals surface area contributed by atoms with Gasteiger partial charge in [0, 0.05) is 35.2 Å². The van der Waals surface area contributed by atoms with Crippen LogP contribution in [0, 0.1) is 5.92 Å². The van der Waals surface area contributed by atoms with Gasteiger partial charge in [0.05, 0.1) is 5.25 Å². The minimum absolute atomic E-state index is 0.0599. The number of H-pyrrole nitrogens is 1. The lowest BCUT2D eigenvalue weighted by atomic mass is 10.1. The SMILES string of the molecule is CC(C)CCNC(=O)C(C)Sc1nnc(-c2c[nH]c3ccccc23)n1C1CC1. The lowest BCUT2D eigenvalue weighted by Gasteiger charge is -2.14. The van der Waals surface area contributed by atoms with Crippen LogP contribution in [-0.2, 0) is 4.79 Å². The summed E-state index contributed by atoms with van der Waals surface area (Å²) in [5.41, 5.74) is 2.16. The molecule has 1 aromatic carbocycles. The Balaban J connectivity index is 1.55. The predicted octanol–water partition coefficient (Wildman–Crippen LogP) is 4.40. The molecule has 0 radical (unpaired) electrons. The highest BCUT2D eigenvalue weighted by atomic mass is 32.2. The van der Waals surface area contributed by atoms with E-state index in [9.17, 15) is 4.79 Å². The summed E-state index contributed by atoms with van der Waals surface area (Å²) in [5.74, 6) is 1.53. The van der Waals surface area contributed by atoms with E-state index < -0.39 is 0 Å². The first-order chi connectivity index (χ1) is 13.5. The molecular formula is C21H27N5OS. The molecule has 0 saturated heterocycles. The Hall–Kier alpha value is -2.28. The van der Waals surface area contributed by atoms with E-state index in [4.69, 9.17) is 0 Å². The van der Waals surface area contributed by atoms with Crippen molar-refractivity contribution in [1.82, 2.24) is 25.1 Å². The average molecular weight is 398 g/mol. The van der Waals surface area contributed by atoms with Gasteiger partial charge in [-0.3, -0.25) is 9.36 Å². The topological polar surface area (TPSA) is 75.6 Å². The van der Waals surface area contributed by atoms with E-state index in [-0.39, 0.29) is 11.2 Å². The Bertz CT molecular complexity index is 972. The summed E-state index contributed by atoms with van der Waals surface area (Å²) >= 11 is 1.50. The highest BCUT2D eigenvalue weighted by Gasteiger charge is 2.32. The molecule has 1 saturated carbocycles. The summed E-state index contributed by atoms with van der Waals surface area (Å²) < 4.78 is 2.22. The van der Waals surface area contributed by atoms with Gasteiger partial charge in [0.25, 0.3) is 0 Å². The molecule has 3 aromatic rings. The van der Waals surface area contributed by atoms with Crippen molar-refractivity contribution in [2.24, 2.45) is 5.92 Å². The summed E-state index contributed by atoms with van der Waals surface area (Å²) in [6.07, 6.45) is 5.27. The summed E-state index contributed by atoms with van der Waals surface area (Å²) in [5, 5.41) is 13.8. The Labute approximate surface area is 169 Å². The molecule has 4 rings (SSSR count). The lowest BCUT2D eigenvalue weighted by Crippen LogP contribution is -2.32. The lowest BCUT2D eigenvalue weighted by molar-refractivity contribution is -0.120. The van der Waals surface area contributed by atoms with Crippen LogP contribution in [0.3, 0.4) is 0 Å². The maximum atomic E-state index is 12.4. The zero-order valence-corrected chi connectivity index (χ0v) is 17.4. The number of amides is 1. The largest absolute Gasteiger partial charge is 0.360 e. The number of carbonyl (C=O) groups excluding carboxylic acids is 1. The van der Waals surface area contributed by atoms with Crippen molar-refractivity contribution in [1.29, 1.82) is 0 Å². The normalized spacial score (nSPS) is 15.3. The van der Waals surface area contributed by atoms with Crippen molar-refractivity contribution in [3.63, 3.8) is 0 Å². The number of thioether (sulfide) groups is 1. The Morgan fingerprint density at radius 3 is 2.82 bits per heavy atom. The van der Waals surface area contributed by atoms with Crippen LogP contribution in [0.1, 0.15) is 46.1 Å². The number of nitrogens with one attached hydrogen (secondary N) is 2. The van der Waals surface area contributed by atoms with Crippen molar-refractivity contribution in [3.05, 3.63) is 30.5 Å². The first kappa shape index (κ1) is 19.1. The number of hydrogen-bond acceptors (Lipinski definition) is 4. The van der Waals surface area contributed by atoms with Crippen LogP contribution in [0.15, 0.2) is 35.6 Å². The fourth-order valence-electron chi connectivity index (χ4n) is 3.30. The van der Waals surface area contributed by atoms with Gasteiger partial charge in [-0.15, -0.1) is 10.2 Å². The van der Waals surface area contributed by atoms with Crippen LogP contribution in [-0.4, -0.2) is 37.5 Å². The molecule has 1 atom stereocenters. The van der Waals surface area contributed by atoms with Crippen LogP contribution in [0.4, 0.5) is 0 Å². The van der Waals surface area contributed by atoms with Crippen LogP contribution < -0.4 is 5.32 Å². The van der Waals surface area contributed by atoms with Gasteiger partial charge < -0.3 is 10.3 Å². The Morgan fingerprint density at radius 2 is 2.07 bits per heavy atom. The third-order valence-electron chi connectivity index (χ3n) is 5.08. The second kappa shape index (κ2) is 7.99. The van der Waals surface area contributed by atoms with E-state index in [1.165, 1.54) is 11.8 Å². The first-order valence-electron chi connectivity index (χ1n) is 10.0. The van der Waals surface area contributed by atoms with Gasteiger partial charge in [-0.1, -0.05) is 43.8 Å². The van der Waals surface area contributed by atoms with E-state index in [0.717, 1.165) is 53.3 Å². The van der Waals surface area contributed by atoms with Gasteiger partial charge in [0.2, 0.25) is 5.91 Å². The van der Waals surface area contributed by atoms with Crippen molar-refractivity contribution in [3.8, 4) is 11.4 Å². The number of para-hydroxylation sites is 1. The maximum Gasteiger partial charge on any atom is 0.233 e. The summed E-state index contributed by atoms with van der Waals surface area (Å²) in [4.78, 5) is 15.8. The molecule has 148 valence electrons. The van der Waals surface area contributed by atoms with E-state index in [1.54, 1.807) is 0 Å². The van der Waals surface area contributed by atoms with Gasteiger partial charge in [-0.25, -0.2) is 0 Å². The zero-order valence-electron chi connectivity index (χ0n) is 16.6. The first-order valence-corrected chi connectivity index (χ1v) is 10.9. The van der Waals surface area contributed by atoms with Gasteiger partial charge >= 0.3 is 0 Å². The molecule has 1 aliphatic rings. The molecule has 1 fully saturated rings. The van der Waals surface area contributed by atoms with Gasteiger partial charge in [-0.2, -0.15) is 0 Å². The van der Waals surface area contributed by atoms with Gasteiger partial charge in [-0.05, 0) is 38.2 Å². The number of carbonyl (C=O) groups is 1. The molecule has 2 heterocycles. The number of aromatic amines is 1. The molecule has 2 aromatic heterocycles. The molecule has 0 spiro atoms. The number of aromatic nitrogens is 4. The molecular weight excluding hydrogens is 370 g/mol. The molecule has 0 aliphatic heterocycles. The molecule has 0 bridgehead atoms. The maximum absolute atomic E-state index is 12.4. The fourth-order valence-corrected chi connectivity index (χ4v) is 4.24. The van der Waals surface area contributed by atoms with Crippen molar-refractivity contribution in [2.75, 3.05) is 6.54 Å². The summed E-state index contributed by atoms with van der Waals surface area (Å²) in [6, 6.07) is 8.66. The van der Waals surface area contributed by atoms with Crippen LogP contribution in [0.2, 0.25) is 0 Å². The van der Waals surface area contributed by atoms with E-state index in [1.807, 2.05) is 25.3 Å². The van der Waals surface area contributed by atoms with Crippen molar-refractivity contribution < 1.29 is 4.79 Å². The highest BCUT2D eigenvalue weighted by Crippen LogP contribution is 2.42. The average Bonchev–Trinajstić information content (AvgIpc) is 3.29. The van der Waals surface area contributed by atoms with Crippen LogP contribution >= 0.6 is 11.8 Å². The zero-order chi connectivity index (χ0) is 19.7. The summed E-state index contributed by atoms with van der Waals surface area (Å²) in [6.45, 7) is 6.98. The second-order valence-corrected chi connectivity index (χ2v) is 9.20. The van der Waals surface area contributed by atoms with E-state index in [2.05, 4.69) is 51.0 Å². The molecule has 1 aliphatic carbocycles. The number of rotatable bonds is 8. The van der Waals surface area contributed by atoms with Crippen LogP contribution in [0.25, 0.3) is 22.3 Å². The third-order valence-corrected chi connectivity index (χ3v) is 6.14. The van der Waals surface area contributed by atoms with Crippen molar-refractivity contribution in [2.45, 2.75) is 56.5 Å². The molecule has 1 amide bonds. The smallest absolute Gasteiger partial charge is 0.233 e. The molecule has 2 N–H and O–H groups in total. The van der Waals surface area contributed by atoms with Gasteiger partial charge in [0.15, 0.2) is 11.0 Å². The number of nitrogens with zero attached hydrogens (tertiary/aromatic N) is 3. The Morgan fingerprint density at radius 1 is 1.29 bits per heavy atom. The van der Waals surface area contributed by atoms with Crippen LogP contribution in [0.5, 0.6) is 0 Å². The van der Waals surface area contributed by atoms with Crippen molar-refractivity contribution >= 4 is 28.6 Å². The molecule has 28 heavy (non-hydrogen) atoms. The highest BCUT2D eigenvalue weighted by molar-refractivity contribution is 8.00.